The van der Waals surface area contributed by atoms with E-state index >= 15 is 0 Å². The number of halogens is 1. The van der Waals surface area contributed by atoms with Crippen LogP contribution in [0.4, 0.5) is 0 Å². The molecule has 0 fully saturated rings. The Morgan fingerprint density at radius 2 is 1.54 bits per heavy atom. The van der Waals surface area contributed by atoms with Gasteiger partial charge >= 0.3 is 11.0 Å². The number of rotatable bonds is 8. The zero-order valence-electron chi connectivity index (χ0n) is 13.8. The van der Waals surface area contributed by atoms with E-state index in [-0.39, 0.29) is 19.1 Å². The van der Waals surface area contributed by atoms with Gasteiger partial charge in [-0.1, -0.05) is 61.8 Å². The predicted octanol–water partition coefficient (Wildman–Crippen LogP) is 4.28. The number of para-hydroxylation sites is 2. The van der Waals surface area contributed by atoms with Crippen LogP contribution in [0.5, 0.6) is 11.5 Å². The highest BCUT2D eigenvalue weighted by Gasteiger charge is 2.42. The van der Waals surface area contributed by atoms with Crippen LogP contribution in [0, 0.1) is 5.92 Å². The molecule has 0 spiro atoms. The van der Waals surface area contributed by atoms with Crippen molar-refractivity contribution < 1.29 is 19.0 Å². The molecule has 0 saturated carbocycles. The second kappa shape index (κ2) is 8.60. The third-order valence-corrected chi connectivity index (χ3v) is 3.38. The second-order valence-corrected chi connectivity index (χ2v) is 6.35. The molecular weight excluding hydrogens is 328 g/mol. The minimum absolute atomic E-state index is 0.176. The minimum Gasteiger partial charge on any atom is -0.487 e. The van der Waals surface area contributed by atoms with E-state index in [2.05, 4.69) is 0 Å². The first-order valence-electron chi connectivity index (χ1n) is 7.77. The normalized spacial score (nSPS) is 13.2. The molecule has 0 aliphatic heterocycles. The van der Waals surface area contributed by atoms with Crippen molar-refractivity contribution in [3.05, 3.63) is 60.7 Å². The predicted molar refractivity (Wildman–Crippen MR) is 93.4 cm³/mol. The van der Waals surface area contributed by atoms with Crippen LogP contribution in [0.1, 0.15) is 13.8 Å². The molecule has 2 aromatic rings. The number of hydrogen-bond donors (Lipinski definition) is 0. The standard InChI is InChI=1S/C19H21ClO4/c1-15(2)13-22-18(21)19(20,24-17-11-7-4-8-12-17)14-23-16-9-5-3-6-10-16/h3-12,15H,13-14H2,1-2H3. The number of benzene rings is 2. The summed E-state index contributed by atoms with van der Waals surface area (Å²) in [5, 5.41) is -1.76. The highest BCUT2D eigenvalue weighted by atomic mass is 35.5. The van der Waals surface area contributed by atoms with E-state index in [0.29, 0.717) is 11.5 Å². The molecule has 0 bridgehead atoms. The van der Waals surface area contributed by atoms with Crippen LogP contribution < -0.4 is 9.47 Å². The van der Waals surface area contributed by atoms with Crippen molar-refractivity contribution in [3.63, 3.8) is 0 Å². The fraction of sp³-hybridized carbons (Fsp3) is 0.316. The van der Waals surface area contributed by atoms with E-state index in [4.69, 9.17) is 25.8 Å². The Bertz CT molecular complexity index is 630. The van der Waals surface area contributed by atoms with Gasteiger partial charge in [-0.05, 0) is 30.2 Å². The molecule has 0 aromatic heterocycles. The largest absolute Gasteiger partial charge is 0.487 e. The van der Waals surface area contributed by atoms with Crippen molar-refractivity contribution in [2.24, 2.45) is 5.92 Å². The van der Waals surface area contributed by atoms with Crippen LogP contribution in [-0.4, -0.2) is 24.2 Å². The molecule has 4 nitrogen and oxygen atoms in total. The van der Waals surface area contributed by atoms with Gasteiger partial charge in [0.2, 0.25) is 0 Å². The van der Waals surface area contributed by atoms with Gasteiger partial charge in [0.1, 0.15) is 11.5 Å². The first-order chi connectivity index (χ1) is 11.5. The van der Waals surface area contributed by atoms with Gasteiger partial charge in [0.05, 0.1) is 6.61 Å². The lowest BCUT2D eigenvalue weighted by atomic mass is 10.2. The van der Waals surface area contributed by atoms with Crippen LogP contribution in [-0.2, 0) is 9.53 Å². The van der Waals surface area contributed by atoms with Crippen molar-refractivity contribution in [1.82, 2.24) is 0 Å². The Balaban J connectivity index is 2.11. The molecule has 5 heteroatoms. The lowest BCUT2D eigenvalue weighted by molar-refractivity contribution is -0.158. The summed E-state index contributed by atoms with van der Waals surface area (Å²) >= 11 is 6.44. The van der Waals surface area contributed by atoms with Crippen LogP contribution in [0.2, 0.25) is 0 Å². The summed E-state index contributed by atoms with van der Waals surface area (Å²) in [5.41, 5.74) is 0. The maximum absolute atomic E-state index is 12.4. The highest BCUT2D eigenvalue weighted by molar-refractivity contribution is 6.33. The van der Waals surface area contributed by atoms with Gasteiger partial charge in [-0.25, -0.2) is 4.79 Å². The second-order valence-electron chi connectivity index (χ2n) is 5.74. The molecule has 1 unspecified atom stereocenters. The molecule has 2 aromatic carbocycles. The Kier molecular flexibility index (Phi) is 6.50. The number of alkyl halides is 1. The zero-order chi connectivity index (χ0) is 17.4. The third-order valence-electron chi connectivity index (χ3n) is 3.04. The lowest BCUT2D eigenvalue weighted by Gasteiger charge is -2.26. The van der Waals surface area contributed by atoms with E-state index in [9.17, 15) is 4.79 Å². The van der Waals surface area contributed by atoms with Gasteiger partial charge in [-0.2, -0.15) is 0 Å². The molecule has 0 N–H and O–H groups in total. The summed E-state index contributed by atoms with van der Waals surface area (Å²) < 4.78 is 16.6. The van der Waals surface area contributed by atoms with Gasteiger partial charge in [0.15, 0.2) is 6.61 Å². The molecule has 2 rings (SSSR count). The van der Waals surface area contributed by atoms with Crippen LogP contribution in [0.25, 0.3) is 0 Å². The molecule has 0 aliphatic carbocycles. The maximum atomic E-state index is 12.4. The highest BCUT2D eigenvalue weighted by Crippen LogP contribution is 2.25. The summed E-state index contributed by atoms with van der Waals surface area (Å²) in [5.74, 6) is 0.584. The Morgan fingerprint density at radius 3 is 2.08 bits per heavy atom. The van der Waals surface area contributed by atoms with Crippen molar-refractivity contribution >= 4 is 17.6 Å². The average molecular weight is 349 g/mol. The summed E-state index contributed by atoms with van der Waals surface area (Å²) in [6.45, 7) is 3.98. The summed E-state index contributed by atoms with van der Waals surface area (Å²) in [6, 6.07) is 18.0. The van der Waals surface area contributed by atoms with E-state index in [1.54, 1.807) is 36.4 Å². The number of esters is 1. The van der Waals surface area contributed by atoms with Gasteiger partial charge in [0, 0.05) is 0 Å². The first-order valence-corrected chi connectivity index (χ1v) is 8.15. The Hall–Kier alpha value is -2.20. The van der Waals surface area contributed by atoms with Crippen molar-refractivity contribution in [3.8, 4) is 11.5 Å². The molecule has 1 atom stereocenters. The number of ether oxygens (including phenoxy) is 3. The van der Waals surface area contributed by atoms with E-state index in [1.165, 1.54) is 0 Å². The molecule has 128 valence electrons. The molecule has 0 amide bonds. The molecule has 24 heavy (non-hydrogen) atoms. The van der Waals surface area contributed by atoms with Crippen LogP contribution in [0.15, 0.2) is 60.7 Å². The SMILES string of the molecule is CC(C)COC(=O)C(Cl)(COc1ccccc1)Oc1ccccc1. The summed E-state index contributed by atoms with van der Waals surface area (Å²) in [7, 11) is 0. The fourth-order valence-electron chi connectivity index (χ4n) is 1.85. The van der Waals surface area contributed by atoms with Crippen LogP contribution >= 0.6 is 11.6 Å². The third kappa shape index (κ3) is 5.46. The fourth-order valence-corrected chi connectivity index (χ4v) is 2.05. The zero-order valence-corrected chi connectivity index (χ0v) is 14.5. The van der Waals surface area contributed by atoms with E-state index in [0.717, 1.165) is 0 Å². The van der Waals surface area contributed by atoms with E-state index < -0.39 is 11.0 Å². The van der Waals surface area contributed by atoms with Gasteiger partial charge in [-0.3, -0.25) is 0 Å². The monoisotopic (exact) mass is 348 g/mol. The smallest absolute Gasteiger partial charge is 0.370 e. The van der Waals surface area contributed by atoms with Crippen molar-refractivity contribution in [2.45, 2.75) is 18.9 Å². The topological polar surface area (TPSA) is 44.8 Å². The van der Waals surface area contributed by atoms with Gasteiger partial charge < -0.3 is 14.2 Å². The number of carbonyl (C=O) groups excluding carboxylic acids is 1. The van der Waals surface area contributed by atoms with Gasteiger partial charge in [0.25, 0.3) is 0 Å². The quantitative estimate of drug-likeness (QED) is 0.527. The maximum Gasteiger partial charge on any atom is 0.370 e. The van der Waals surface area contributed by atoms with Gasteiger partial charge in [-0.15, -0.1) is 0 Å². The van der Waals surface area contributed by atoms with Crippen molar-refractivity contribution in [1.29, 1.82) is 0 Å². The Morgan fingerprint density at radius 1 is 1.00 bits per heavy atom. The Labute approximate surface area is 147 Å². The summed E-state index contributed by atoms with van der Waals surface area (Å²) in [4.78, 5) is 12.4. The molecule has 0 heterocycles. The average Bonchev–Trinajstić information content (AvgIpc) is 2.59. The molecular formula is C19H21ClO4. The number of carbonyl (C=O) groups is 1. The minimum atomic E-state index is -1.76. The molecule has 0 aliphatic rings. The molecule has 0 saturated heterocycles. The van der Waals surface area contributed by atoms with Crippen molar-refractivity contribution in [2.75, 3.05) is 13.2 Å². The van der Waals surface area contributed by atoms with Crippen LogP contribution in [0.3, 0.4) is 0 Å². The number of hydrogen-bond acceptors (Lipinski definition) is 4. The summed E-state index contributed by atoms with van der Waals surface area (Å²) in [6.07, 6.45) is 0. The lowest BCUT2D eigenvalue weighted by Crippen LogP contribution is -2.46. The van der Waals surface area contributed by atoms with E-state index in [1.807, 2.05) is 38.1 Å². The first kappa shape index (κ1) is 18.1. The molecule has 0 radical (unpaired) electrons.